The number of alkyl halides is 3. The Kier molecular flexibility index (Phi) is 6.23. The Morgan fingerprint density at radius 2 is 2.00 bits per heavy atom. The van der Waals surface area contributed by atoms with Crippen LogP contribution < -0.4 is 10.1 Å². The lowest BCUT2D eigenvalue weighted by Crippen LogP contribution is -2.34. The summed E-state index contributed by atoms with van der Waals surface area (Å²) in [5, 5.41) is 4.84. The Bertz CT molecular complexity index is 807. The first-order chi connectivity index (χ1) is 13.3. The Hall–Kier alpha value is -2.55. The number of hydrogen-bond donors (Lipinski definition) is 1. The molecule has 3 rings (SSSR count). The second kappa shape index (κ2) is 8.64. The lowest BCUT2D eigenvalue weighted by Gasteiger charge is -2.17. The molecule has 0 aliphatic carbocycles. The van der Waals surface area contributed by atoms with Crippen molar-refractivity contribution >= 4 is 23.2 Å². The molecule has 150 valence electrons. The van der Waals surface area contributed by atoms with Crippen molar-refractivity contribution in [3.63, 3.8) is 0 Å². The second-order valence-electron chi connectivity index (χ2n) is 6.49. The summed E-state index contributed by atoms with van der Waals surface area (Å²) in [7, 11) is 0. The number of halogens is 3. The molecule has 1 fully saturated rings. The van der Waals surface area contributed by atoms with Gasteiger partial charge in [-0.3, -0.25) is 9.59 Å². The summed E-state index contributed by atoms with van der Waals surface area (Å²) >= 11 is 1.63. The summed E-state index contributed by atoms with van der Waals surface area (Å²) in [5.74, 6) is -1.02. The van der Waals surface area contributed by atoms with Crippen LogP contribution in [0, 0.1) is 5.92 Å². The number of rotatable bonds is 7. The molecule has 0 unspecified atom stereocenters. The van der Waals surface area contributed by atoms with E-state index in [1.165, 1.54) is 29.1 Å². The average molecular weight is 412 g/mol. The molecule has 1 N–H and O–H groups in total. The van der Waals surface area contributed by atoms with Crippen molar-refractivity contribution in [1.29, 1.82) is 0 Å². The molecule has 1 atom stereocenters. The maximum absolute atomic E-state index is 12.3. The first kappa shape index (κ1) is 20.2. The van der Waals surface area contributed by atoms with Gasteiger partial charge < -0.3 is 15.0 Å². The number of hydrogen-bond acceptors (Lipinski definition) is 4. The first-order valence-corrected chi connectivity index (χ1v) is 9.61. The van der Waals surface area contributed by atoms with Gasteiger partial charge in [0.1, 0.15) is 5.75 Å². The molecule has 28 heavy (non-hydrogen) atoms. The standard InChI is InChI=1S/C19H19F3N2O3S/c20-19(21,22)27-15-5-3-13(4-6-15)11-24-12-14(10-17(24)25)18(26)23-8-7-16-2-1-9-28-16/h1-6,9,14H,7-8,10-12H2,(H,23,26)/t14-/m1/s1. The third-order valence-corrected chi connectivity index (χ3v) is 5.30. The number of amides is 2. The highest BCUT2D eigenvalue weighted by Crippen LogP contribution is 2.25. The normalized spacial score (nSPS) is 17.0. The predicted octanol–water partition coefficient (Wildman–Crippen LogP) is 3.35. The molecular formula is C19H19F3N2O3S. The minimum absolute atomic E-state index is 0.139. The molecule has 0 bridgehead atoms. The molecule has 1 aromatic heterocycles. The summed E-state index contributed by atoms with van der Waals surface area (Å²) in [6, 6.07) is 9.32. The number of thiophene rings is 1. The van der Waals surface area contributed by atoms with Gasteiger partial charge in [-0.2, -0.15) is 0 Å². The number of likely N-dealkylation sites (tertiary alicyclic amines) is 1. The zero-order valence-electron chi connectivity index (χ0n) is 14.9. The minimum Gasteiger partial charge on any atom is -0.406 e. The molecule has 0 radical (unpaired) electrons. The maximum Gasteiger partial charge on any atom is 0.573 e. The van der Waals surface area contributed by atoms with E-state index >= 15 is 0 Å². The summed E-state index contributed by atoms with van der Waals surface area (Å²) in [6.07, 6.45) is -3.85. The van der Waals surface area contributed by atoms with E-state index in [-0.39, 0.29) is 30.5 Å². The quantitative estimate of drug-likeness (QED) is 0.759. The molecule has 1 saturated heterocycles. The minimum atomic E-state index is -4.74. The predicted molar refractivity (Wildman–Crippen MR) is 97.7 cm³/mol. The molecule has 1 aromatic carbocycles. The average Bonchev–Trinajstić information content (AvgIpc) is 3.26. The van der Waals surface area contributed by atoms with Gasteiger partial charge in [0.25, 0.3) is 0 Å². The monoisotopic (exact) mass is 412 g/mol. The van der Waals surface area contributed by atoms with Gasteiger partial charge in [-0.25, -0.2) is 0 Å². The topological polar surface area (TPSA) is 58.6 Å². The molecule has 2 aromatic rings. The van der Waals surface area contributed by atoms with E-state index in [0.717, 1.165) is 6.42 Å². The van der Waals surface area contributed by atoms with Crippen molar-refractivity contribution in [1.82, 2.24) is 10.2 Å². The zero-order valence-corrected chi connectivity index (χ0v) is 15.7. The highest BCUT2D eigenvalue weighted by Gasteiger charge is 2.34. The second-order valence-corrected chi connectivity index (χ2v) is 7.52. The van der Waals surface area contributed by atoms with Crippen molar-refractivity contribution in [2.75, 3.05) is 13.1 Å². The van der Waals surface area contributed by atoms with Crippen LogP contribution >= 0.6 is 11.3 Å². The van der Waals surface area contributed by atoms with Gasteiger partial charge in [0.15, 0.2) is 0 Å². The van der Waals surface area contributed by atoms with Crippen molar-refractivity contribution in [3.8, 4) is 5.75 Å². The molecule has 5 nitrogen and oxygen atoms in total. The van der Waals surface area contributed by atoms with Crippen LogP contribution in [0.25, 0.3) is 0 Å². The Morgan fingerprint density at radius 3 is 2.64 bits per heavy atom. The Labute approximate surface area is 164 Å². The van der Waals surface area contributed by atoms with Crippen LogP contribution in [0.1, 0.15) is 16.9 Å². The van der Waals surface area contributed by atoms with Crippen LogP contribution in [-0.4, -0.2) is 36.2 Å². The van der Waals surface area contributed by atoms with E-state index in [4.69, 9.17) is 0 Å². The van der Waals surface area contributed by atoms with E-state index in [1.807, 2.05) is 17.5 Å². The molecule has 1 aliphatic heterocycles. The fraction of sp³-hybridized carbons (Fsp3) is 0.368. The first-order valence-electron chi connectivity index (χ1n) is 8.73. The fourth-order valence-corrected chi connectivity index (χ4v) is 3.73. The summed E-state index contributed by atoms with van der Waals surface area (Å²) in [5.41, 5.74) is 0.668. The number of ether oxygens (including phenoxy) is 1. The van der Waals surface area contributed by atoms with Crippen LogP contribution in [0.2, 0.25) is 0 Å². The SMILES string of the molecule is O=C(NCCc1cccs1)[C@@H]1CC(=O)N(Cc2ccc(OC(F)(F)F)cc2)C1. The Morgan fingerprint density at radius 1 is 1.25 bits per heavy atom. The summed E-state index contributed by atoms with van der Waals surface area (Å²) < 4.78 is 40.4. The van der Waals surface area contributed by atoms with Crippen LogP contribution in [0.4, 0.5) is 13.2 Å². The van der Waals surface area contributed by atoms with Gasteiger partial charge in [-0.05, 0) is 35.6 Å². The molecule has 0 spiro atoms. The highest BCUT2D eigenvalue weighted by atomic mass is 32.1. The Balaban J connectivity index is 1.48. The largest absolute Gasteiger partial charge is 0.573 e. The summed E-state index contributed by atoms with van der Waals surface area (Å²) in [4.78, 5) is 27.2. The third kappa shape index (κ3) is 5.72. The highest BCUT2D eigenvalue weighted by molar-refractivity contribution is 7.09. The van der Waals surface area contributed by atoms with Crippen molar-refractivity contribution in [2.45, 2.75) is 25.7 Å². The molecular weight excluding hydrogens is 393 g/mol. The van der Waals surface area contributed by atoms with Crippen LogP contribution in [0.3, 0.4) is 0 Å². The number of benzene rings is 1. The van der Waals surface area contributed by atoms with Gasteiger partial charge in [-0.15, -0.1) is 24.5 Å². The van der Waals surface area contributed by atoms with Crippen LogP contribution in [-0.2, 0) is 22.6 Å². The molecule has 1 aliphatic rings. The van der Waals surface area contributed by atoms with E-state index in [9.17, 15) is 22.8 Å². The van der Waals surface area contributed by atoms with Crippen LogP contribution in [0.15, 0.2) is 41.8 Å². The smallest absolute Gasteiger partial charge is 0.406 e. The zero-order chi connectivity index (χ0) is 20.1. The lowest BCUT2D eigenvalue weighted by molar-refractivity contribution is -0.274. The van der Waals surface area contributed by atoms with Gasteiger partial charge in [-0.1, -0.05) is 18.2 Å². The fourth-order valence-electron chi connectivity index (χ4n) is 3.03. The van der Waals surface area contributed by atoms with E-state index < -0.39 is 12.3 Å². The molecule has 2 heterocycles. The van der Waals surface area contributed by atoms with Crippen LogP contribution in [0.5, 0.6) is 5.75 Å². The van der Waals surface area contributed by atoms with E-state index in [1.54, 1.807) is 16.2 Å². The molecule has 0 saturated carbocycles. The number of nitrogens with one attached hydrogen (secondary N) is 1. The molecule has 9 heteroatoms. The number of carbonyl (C=O) groups is 2. The third-order valence-electron chi connectivity index (χ3n) is 4.37. The van der Waals surface area contributed by atoms with Crippen molar-refractivity contribution in [2.24, 2.45) is 5.92 Å². The van der Waals surface area contributed by atoms with E-state index in [2.05, 4.69) is 10.1 Å². The van der Waals surface area contributed by atoms with Crippen molar-refractivity contribution < 1.29 is 27.5 Å². The van der Waals surface area contributed by atoms with Gasteiger partial charge in [0, 0.05) is 30.9 Å². The lowest BCUT2D eigenvalue weighted by atomic mass is 10.1. The molecule has 2 amide bonds. The van der Waals surface area contributed by atoms with Gasteiger partial charge >= 0.3 is 6.36 Å². The maximum atomic E-state index is 12.3. The number of carbonyl (C=O) groups excluding carboxylic acids is 2. The van der Waals surface area contributed by atoms with E-state index in [0.29, 0.717) is 18.7 Å². The summed E-state index contributed by atoms with van der Waals surface area (Å²) in [6.45, 7) is 1.05. The van der Waals surface area contributed by atoms with Gasteiger partial charge in [0.05, 0.1) is 5.92 Å². The van der Waals surface area contributed by atoms with Crippen molar-refractivity contribution in [3.05, 3.63) is 52.2 Å². The number of nitrogens with zero attached hydrogens (tertiary/aromatic N) is 1. The van der Waals surface area contributed by atoms with Gasteiger partial charge in [0.2, 0.25) is 11.8 Å².